The van der Waals surface area contributed by atoms with Gasteiger partial charge in [0.05, 0.1) is 7.11 Å². The molecule has 1 N–H and O–H groups in total. The molecule has 120 valence electrons. The summed E-state index contributed by atoms with van der Waals surface area (Å²) in [4.78, 5) is 12.3. The van der Waals surface area contributed by atoms with Crippen LogP contribution in [-0.4, -0.2) is 13.0 Å². The van der Waals surface area contributed by atoms with Gasteiger partial charge in [-0.2, -0.15) is 0 Å². The summed E-state index contributed by atoms with van der Waals surface area (Å²) in [5.74, 6) is 0.800. The third kappa shape index (κ3) is 2.47. The number of ether oxygens (including phenoxy) is 1. The van der Waals surface area contributed by atoms with Crippen LogP contribution in [0.25, 0.3) is 10.8 Å². The molecule has 1 heterocycles. The summed E-state index contributed by atoms with van der Waals surface area (Å²) in [6, 6.07) is 18.3. The molecule has 4 heteroatoms. The number of hydrogen-bond donors (Lipinski definition) is 1. The molecule has 0 saturated heterocycles. The van der Waals surface area contributed by atoms with Gasteiger partial charge in [0.15, 0.2) is 0 Å². The summed E-state index contributed by atoms with van der Waals surface area (Å²) in [6.07, 6.45) is 0.411. The minimum atomic E-state index is -0.0349. The predicted octanol–water partition coefficient (Wildman–Crippen LogP) is 5.09. The third-order valence-electron chi connectivity index (χ3n) is 4.55. The number of nitrogens with one attached hydrogen (secondary N) is 1. The number of hydrogen-bond acceptors (Lipinski definition) is 2. The SMILES string of the molecule is COc1ccc(Br)cc1[C@@H]1CC(=O)Nc2ccc3ccccc3c21. The Morgan fingerprint density at radius 2 is 1.96 bits per heavy atom. The van der Waals surface area contributed by atoms with E-state index in [1.165, 1.54) is 10.8 Å². The largest absolute Gasteiger partial charge is 0.496 e. The second-order valence-electron chi connectivity index (χ2n) is 5.94. The van der Waals surface area contributed by atoms with E-state index in [1.54, 1.807) is 7.11 Å². The highest BCUT2D eigenvalue weighted by molar-refractivity contribution is 9.10. The Morgan fingerprint density at radius 3 is 2.79 bits per heavy atom. The zero-order valence-electron chi connectivity index (χ0n) is 13.2. The number of rotatable bonds is 2. The smallest absolute Gasteiger partial charge is 0.225 e. The van der Waals surface area contributed by atoms with Gasteiger partial charge in [0.25, 0.3) is 0 Å². The fourth-order valence-electron chi connectivity index (χ4n) is 3.51. The van der Waals surface area contributed by atoms with E-state index in [4.69, 9.17) is 4.74 Å². The van der Waals surface area contributed by atoms with Crippen molar-refractivity contribution in [1.82, 2.24) is 0 Å². The lowest BCUT2D eigenvalue weighted by molar-refractivity contribution is -0.116. The summed E-state index contributed by atoms with van der Waals surface area (Å²) in [6.45, 7) is 0. The van der Waals surface area contributed by atoms with Crippen LogP contribution in [-0.2, 0) is 4.79 Å². The van der Waals surface area contributed by atoms with Gasteiger partial charge < -0.3 is 10.1 Å². The first-order valence-corrected chi connectivity index (χ1v) is 8.61. The van der Waals surface area contributed by atoms with Crippen molar-refractivity contribution < 1.29 is 9.53 Å². The Balaban J connectivity index is 2.01. The van der Waals surface area contributed by atoms with E-state index in [9.17, 15) is 4.79 Å². The molecule has 0 spiro atoms. The predicted molar refractivity (Wildman–Crippen MR) is 99.7 cm³/mol. The van der Waals surface area contributed by atoms with Crippen molar-refractivity contribution in [3.63, 3.8) is 0 Å². The molecule has 0 unspecified atom stereocenters. The molecule has 1 amide bonds. The van der Waals surface area contributed by atoms with Crippen LogP contribution in [0, 0.1) is 0 Å². The van der Waals surface area contributed by atoms with Crippen LogP contribution in [0.4, 0.5) is 5.69 Å². The quantitative estimate of drug-likeness (QED) is 0.671. The van der Waals surface area contributed by atoms with Gasteiger partial charge in [0.2, 0.25) is 5.91 Å². The molecule has 1 aliphatic rings. The topological polar surface area (TPSA) is 38.3 Å². The van der Waals surface area contributed by atoms with Gasteiger partial charge in [-0.3, -0.25) is 4.79 Å². The molecule has 0 aromatic heterocycles. The van der Waals surface area contributed by atoms with E-state index in [1.807, 2.05) is 36.4 Å². The average molecular weight is 382 g/mol. The molecule has 1 aliphatic heterocycles. The highest BCUT2D eigenvalue weighted by Crippen LogP contribution is 2.44. The van der Waals surface area contributed by atoms with Crippen molar-refractivity contribution in [2.24, 2.45) is 0 Å². The van der Waals surface area contributed by atoms with Crippen molar-refractivity contribution in [2.75, 3.05) is 12.4 Å². The molecule has 3 aromatic rings. The Kier molecular flexibility index (Phi) is 3.77. The first-order valence-electron chi connectivity index (χ1n) is 7.82. The fraction of sp³-hybridized carbons (Fsp3) is 0.150. The van der Waals surface area contributed by atoms with Crippen molar-refractivity contribution in [3.05, 3.63) is 70.2 Å². The van der Waals surface area contributed by atoms with E-state index in [0.29, 0.717) is 6.42 Å². The number of benzene rings is 3. The molecule has 0 bridgehead atoms. The highest BCUT2D eigenvalue weighted by Gasteiger charge is 2.30. The first kappa shape index (κ1) is 15.2. The zero-order chi connectivity index (χ0) is 16.7. The number of amides is 1. The van der Waals surface area contributed by atoms with Gasteiger partial charge >= 0.3 is 0 Å². The number of carbonyl (C=O) groups excluding carboxylic acids is 1. The normalized spacial score (nSPS) is 16.6. The van der Waals surface area contributed by atoms with Crippen LogP contribution in [0.3, 0.4) is 0 Å². The minimum absolute atomic E-state index is 0.0322. The Morgan fingerprint density at radius 1 is 1.12 bits per heavy atom. The number of anilines is 1. The number of carbonyl (C=O) groups is 1. The second-order valence-corrected chi connectivity index (χ2v) is 6.85. The zero-order valence-corrected chi connectivity index (χ0v) is 14.8. The van der Waals surface area contributed by atoms with E-state index in [0.717, 1.165) is 27.0 Å². The molecule has 1 atom stereocenters. The molecular formula is C20H16BrNO2. The van der Waals surface area contributed by atoms with Crippen LogP contribution in [0.5, 0.6) is 5.75 Å². The molecule has 3 aromatic carbocycles. The second kappa shape index (κ2) is 5.95. The van der Waals surface area contributed by atoms with E-state index < -0.39 is 0 Å². The standard InChI is InChI=1S/C20H16BrNO2/c1-24-18-9-7-13(21)10-15(18)16-11-19(23)22-17-8-6-12-4-2-3-5-14(12)20(16)17/h2-10,16H,11H2,1H3,(H,22,23)/t16-/m0/s1. The number of methoxy groups -OCH3 is 1. The maximum absolute atomic E-state index is 12.3. The van der Waals surface area contributed by atoms with Gasteiger partial charge in [0, 0.05) is 28.1 Å². The highest BCUT2D eigenvalue weighted by atomic mass is 79.9. The number of fused-ring (bicyclic) bond motifs is 3. The van der Waals surface area contributed by atoms with Gasteiger partial charge in [0.1, 0.15) is 5.75 Å². The molecule has 24 heavy (non-hydrogen) atoms. The first-order chi connectivity index (χ1) is 11.7. The van der Waals surface area contributed by atoms with Gasteiger partial charge in [-0.05, 0) is 40.6 Å². The van der Waals surface area contributed by atoms with Crippen LogP contribution in [0.15, 0.2) is 59.1 Å². The molecule has 0 fully saturated rings. The van der Waals surface area contributed by atoms with Gasteiger partial charge in [-0.25, -0.2) is 0 Å². The Bertz CT molecular complexity index is 952. The lowest BCUT2D eigenvalue weighted by atomic mass is 9.81. The third-order valence-corrected chi connectivity index (χ3v) is 5.04. The summed E-state index contributed by atoms with van der Waals surface area (Å²) >= 11 is 3.54. The maximum Gasteiger partial charge on any atom is 0.225 e. The number of halogens is 1. The Hall–Kier alpha value is -2.33. The van der Waals surface area contributed by atoms with Crippen molar-refractivity contribution in [2.45, 2.75) is 12.3 Å². The maximum atomic E-state index is 12.3. The van der Waals surface area contributed by atoms with Gasteiger partial charge in [-0.15, -0.1) is 0 Å². The van der Waals surface area contributed by atoms with Crippen LogP contribution in [0.1, 0.15) is 23.5 Å². The van der Waals surface area contributed by atoms with Crippen molar-refractivity contribution in [3.8, 4) is 5.75 Å². The van der Waals surface area contributed by atoms with Crippen molar-refractivity contribution in [1.29, 1.82) is 0 Å². The minimum Gasteiger partial charge on any atom is -0.496 e. The van der Waals surface area contributed by atoms with E-state index >= 15 is 0 Å². The lowest BCUT2D eigenvalue weighted by Crippen LogP contribution is -2.24. The summed E-state index contributed by atoms with van der Waals surface area (Å²) in [7, 11) is 1.67. The average Bonchev–Trinajstić information content (AvgIpc) is 2.60. The Labute approximate surface area is 148 Å². The van der Waals surface area contributed by atoms with E-state index in [2.05, 4.69) is 39.4 Å². The fourth-order valence-corrected chi connectivity index (χ4v) is 3.89. The van der Waals surface area contributed by atoms with Crippen LogP contribution >= 0.6 is 15.9 Å². The summed E-state index contributed by atoms with van der Waals surface area (Å²) < 4.78 is 6.54. The van der Waals surface area contributed by atoms with Crippen LogP contribution in [0.2, 0.25) is 0 Å². The molecule has 0 saturated carbocycles. The lowest BCUT2D eigenvalue weighted by Gasteiger charge is -2.28. The summed E-state index contributed by atoms with van der Waals surface area (Å²) in [5, 5.41) is 5.35. The molecule has 0 radical (unpaired) electrons. The summed E-state index contributed by atoms with van der Waals surface area (Å²) in [5.41, 5.74) is 3.07. The monoisotopic (exact) mass is 381 g/mol. The molecule has 3 nitrogen and oxygen atoms in total. The van der Waals surface area contributed by atoms with Crippen LogP contribution < -0.4 is 10.1 Å². The van der Waals surface area contributed by atoms with Crippen molar-refractivity contribution >= 4 is 38.3 Å². The van der Waals surface area contributed by atoms with E-state index in [-0.39, 0.29) is 11.8 Å². The van der Waals surface area contributed by atoms with Gasteiger partial charge in [-0.1, -0.05) is 46.3 Å². The molecule has 4 rings (SSSR count). The molecule has 0 aliphatic carbocycles. The molecular weight excluding hydrogens is 366 g/mol.